The molecule has 19 heavy (non-hydrogen) atoms. The molecule has 4 heteroatoms. The van der Waals surface area contributed by atoms with E-state index >= 15 is 0 Å². The SMILES string of the molecule is COCc1c(Br)cccc1NCC1CCCN(C)C1. The van der Waals surface area contributed by atoms with Crippen molar-refractivity contribution >= 4 is 21.6 Å². The highest BCUT2D eigenvalue weighted by molar-refractivity contribution is 9.10. The van der Waals surface area contributed by atoms with Crippen molar-refractivity contribution in [2.45, 2.75) is 19.4 Å². The number of anilines is 1. The number of nitrogens with one attached hydrogen (secondary N) is 1. The second kappa shape index (κ2) is 7.27. The minimum Gasteiger partial charge on any atom is -0.384 e. The Hall–Kier alpha value is -0.580. The van der Waals surface area contributed by atoms with Gasteiger partial charge in [0.1, 0.15) is 0 Å². The summed E-state index contributed by atoms with van der Waals surface area (Å²) in [5.41, 5.74) is 2.39. The van der Waals surface area contributed by atoms with E-state index in [0.29, 0.717) is 6.61 Å². The van der Waals surface area contributed by atoms with Gasteiger partial charge in [0.05, 0.1) is 6.61 Å². The number of ether oxygens (including phenoxy) is 1. The molecule has 1 aromatic carbocycles. The molecule has 106 valence electrons. The first-order valence-electron chi connectivity index (χ1n) is 6.89. The highest BCUT2D eigenvalue weighted by Crippen LogP contribution is 2.26. The predicted octanol–water partition coefficient (Wildman–Crippen LogP) is 3.35. The van der Waals surface area contributed by atoms with E-state index in [-0.39, 0.29) is 0 Å². The minimum atomic E-state index is 0.633. The molecule has 1 unspecified atom stereocenters. The van der Waals surface area contributed by atoms with E-state index in [1.807, 2.05) is 0 Å². The molecule has 1 fully saturated rings. The molecule has 0 radical (unpaired) electrons. The Morgan fingerprint density at radius 2 is 2.32 bits per heavy atom. The molecule has 1 aliphatic heterocycles. The number of nitrogens with zero attached hydrogens (tertiary/aromatic N) is 1. The molecule has 1 heterocycles. The van der Waals surface area contributed by atoms with Crippen molar-refractivity contribution in [2.75, 3.05) is 39.1 Å². The third-order valence-electron chi connectivity index (χ3n) is 3.71. The predicted molar refractivity (Wildman–Crippen MR) is 83.6 cm³/mol. The molecule has 0 bridgehead atoms. The number of halogens is 1. The van der Waals surface area contributed by atoms with Crippen LogP contribution in [-0.4, -0.2) is 38.7 Å². The minimum absolute atomic E-state index is 0.633. The first-order chi connectivity index (χ1) is 9.20. The first-order valence-corrected chi connectivity index (χ1v) is 7.68. The molecule has 0 spiro atoms. The van der Waals surface area contributed by atoms with Gasteiger partial charge in [-0.05, 0) is 44.5 Å². The summed E-state index contributed by atoms with van der Waals surface area (Å²) in [4.78, 5) is 2.42. The molecular weight excluding hydrogens is 304 g/mol. The van der Waals surface area contributed by atoms with Gasteiger partial charge in [-0.2, -0.15) is 0 Å². The van der Waals surface area contributed by atoms with Crippen molar-refractivity contribution < 1.29 is 4.74 Å². The zero-order chi connectivity index (χ0) is 13.7. The molecule has 0 saturated carbocycles. The zero-order valence-electron chi connectivity index (χ0n) is 11.8. The van der Waals surface area contributed by atoms with Gasteiger partial charge in [0, 0.05) is 35.9 Å². The Kier molecular flexibility index (Phi) is 5.67. The summed E-state index contributed by atoms with van der Waals surface area (Å²) in [6, 6.07) is 6.26. The Morgan fingerprint density at radius 3 is 3.05 bits per heavy atom. The van der Waals surface area contributed by atoms with Gasteiger partial charge in [-0.15, -0.1) is 0 Å². The largest absolute Gasteiger partial charge is 0.384 e. The van der Waals surface area contributed by atoms with Crippen LogP contribution in [0.4, 0.5) is 5.69 Å². The molecule has 1 atom stereocenters. The van der Waals surface area contributed by atoms with Crippen molar-refractivity contribution in [2.24, 2.45) is 5.92 Å². The number of likely N-dealkylation sites (tertiary alicyclic amines) is 1. The lowest BCUT2D eigenvalue weighted by Gasteiger charge is -2.30. The fourth-order valence-electron chi connectivity index (χ4n) is 2.71. The van der Waals surface area contributed by atoms with Gasteiger partial charge in [-0.1, -0.05) is 22.0 Å². The van der Waals surface area contributed by atoms with E-state index in [9.17, 15) is 0 Å². The lowest BCUT2D eigenvalue weighted by molar-refractivity contribution is 0.184. The summed E-state index contributed by atoms with van der Waals surface area (Å²) >= 11 is 3.60. The van der Waals surface area contributed by atoms with Crippen molar-refractivity contribution in [1.82, 2.24) is 4.90 Å². The molecule has 0 aromatic heterocycles. The average molecular weight is 327 g/mol. The van der Waals surface area contributed by atoms with Gasteiger partial charge in [-0.25, -0.2) is 0 Å². The molecular formula is C15H23BrN2O. The van der Waals surface area contributed by atoms with E-state index in [0.717, 1.165) is 16.9 Å². The first kappa shape index (κ1) is 14.8. The lowest BCUT2D eigenvalue weighted by atomic mass is 9.98. The van der Waals surface area contributed by atoms with Gasteiger partial charge in [0.2, 0.25) is 0 Å². The molecule has 1 aromatic rings. The van der Waals surface area contributed by atoms with Crippen LogP contribution in [0.3, 0.4) is 0 Å². The fourth-order valence-corrected chi connectivity index (χ4v) is 3.19. The van der Waals surface area contributed by atoms with Crippen molar-refractivity contribution in [3.63, 3.8) is 0 Å². The van der Waals surface area contributed by atoms with E-state index in [4.69, 9.17) is 4.74 Å². The molecule has 3 nitrogen and oxygen atoms in total. The van der Waals surface area contributed by atoms with E-state index in [1.54, 1.807) is 7.11 Å². The van der Waals surface area contributed by atoms with Crippen LogP contribution >= 0.6 is 15.9 Å². The summed E-state index contributed by atoms with van der Waals surface area (Å²) in [6.45, 7) is 4.11. The van der Waals surface area contributed by atoms with Crippen molar-refractivity contribution in [1.29, 1.82) is 0 Å². The maximum atomic E-state index is 5.28. The summed E-state index contributed by atoms with van der Waals surface area (Å²) in [7, 11) is 3.95. The standard InChI is InChI=1S/C15H23BrN2O/c1-18-8-4-5-12(10-18)9-17-15-7-3-6-14(16)13(15)11-19-2/h3,6-7,12,17H,4-5,8-11H2,1-2H3. The number of hydrogen-bond donors (Lipinski definition) is 1. The molecule has 0 amide bonds. The topological polar surface area (TPSA) is 24.5 Å². The highest BCUT2D eigenvalue weighted by Gasteiger charge is 2.17. The van der Waals surface area contributed by atoms with Crippen molar-refractivity contribution in [3.05, 3.63) is 28.2 Å². The van der Waals surface area contributed by atoms with Crippen LogP contribution in [0.1, 0.15) is 18.4 Å². The second-order valence-corrected chi connectivity index (χ2v) is 6.20. The van der Waals surface area contributed by atoms with Gasteiger partial charge in [0.15, 0.2) is 0 Å². The number of hydrogen-bond acceptors (Lipinski definition) is 3. The van der Waals surface area contributed by atoms with Crippen molar-refractivity contribution in [3.8, 4) is 0 Å². The summed E-state index contributed by atoms with van der Waals surface area (Å²) in [5.74, 6) is 0.744. The van der Waals surface area contributed by atoms with Gasteiger partial charge < -0.3 is 15.0 Å². The quantitative estimate of drug-likeness (QED) is 0.898. The number of piperidine rings is 1. The van der Waals surface area contributed by atoms with Crippen LogP contribution in [-0.2, 0) is 11.3 Å². The van der Waals surface area contributed by atoms with Gasteiger partial charge >= 0.3 is 0 Å². The van der Waals surface area contributed by atoms with Crippen LogP contribution in [0.25, 0.3) is 0 Å². The normalized spacial score (nSPS) is 20.5. The Bertz CT molecular complexity index is 411. The van der Waals surface area contributed by atoms with E-state index in [2.05, 4.69) is 51.4 Å². The monoisotopic (exact) mass is 326 g/mol. The second-order valence-electron chi connectivity index (χ2n) is 5.35. The summed E-state index contributed by atoms with van der Waals surface area (Å²) in [6.07, 6.45) is 2.64. The van der Waals surface area contributed by atoms with Gasteiger partial charge in [-0.3, -0.25) is 0 Å². The Balaban J connectivity index is 1.96. The summed E-state index contributed by atoms with van der Waals surface area (Å²) in [5, 5.41) is 3.59. The van der Waals surface area contributed by atoms with E-state index in [1.165, 1.54) is 37.2 Å². The average Bonchev–Trinajstić information content (AvgIpc) is 2.40. The van der Waals surface area contributed by atoms with Crippen LogP contribution < -0.4 is 5.32 Å². The third-order valence-corrected chi connectivity index (χ3v) is 4.45. The zero-order valence-corrected chi connectivity index (χ0v) is 13.4. The Labute approximate surface area is 124 Å². The van der Waals surface area contributed by atoms with Crippen LogP contribution in [0, 0.1) is 5.92 Å². The van der Waals surface area contributed by atoms with E-state index < -0.39 is 0 Å². The number of methoxy groups -OCH3 is 1. The summed E-state index contributed by atoms with van der Waals surface area (Å²) < 4.78 is 6.39. The molecule has 2 rings (SSSR count). The number of rotatable bonds is 5. The molecule has 1 saturated heterocycles. The Morgan fingerprint density at radius 1 is 1.47 bits per heavy atom. The maximum Gasteiger partial charge on any atom is 0.0744 e. The van der Waals surface area contributed by atoms with Crippen LogP contribution in [0.2, 0.25) is 0 Å². The maximum absolute atomic E-state index is 5.28. The third kappa shape index (κ3) is 4.20. The van der Waals surface area contributed by atoms with Gasteiger partial charge in [0.25, 0.3) is 0 Å². The van der Waals surface area contributed by atoms with Crippen LogP contribution in [0.15, 0.2) is 22.7 Å². The highest BCUT2D eigenvalue weighted by atomic mass is 79.9. The molecule has 0 aliphatic carbocycles. The molecule has 1 aliphatic rings. The fraction of sp³-hybridized carbons (Fsp3) is 0.600. The number of benzene rings is 1. The lowest BCUT2D eigenvalue weighted by Crippen LogP contribution is -2.35. The smallest absolute Gasteiger partial charge is 0.0744 e. The van der Waals surface area contributed by atoms with Crippen LogP contribution in [0.5, 0.6) is 0 Å². The molecule has 1 N–H and O–H groups in total.